The monoisotopic (exact) mass is 362 g/mol. The first kappa shape index (κ1) is 19.7. The van der Waals surface area contributed by atoms with Crippen molar-refractivity contribution in [3.05, 3.63) is 58.0 Å². The van der Waals surface area contributed by atoms with Gasteiger partial charge in [-0.25, -0.2) is 0 Å². The van der Waals surface area contributed by atoms with Crippen LogP contribution >= 0.6 is 0 Å². The molecule has 0 heterocycles. The average molecular weight is 363 g/mol. The van der Waals surface area contributed by atoms with E-state index in [0.717, 1.165) is 12.0 Å². The van der Waals surface area contributed by atoms with Crippen LogP contribution in [0.3, 0.4) is 0 Å². The molecule has 0 fully saturated rings. The minimum Gasteiger partial charge on any atom is -1.00 e. The van der Waals surface area contributed by atoms with Gasteiger partial charge in [-0.1, -0.05) is 0 Å². The Hall–Kier alpha value is -0.319. The smallest absolute Gasteiger partial charge is 1.00 e. The number of carbonyl (C=O) groups is 1. The first-order chi connectivity index (χ1) is 8.68. The van der Waals surface area contributed by atoms with Gasteiger partial charge in [0, 0.05) is 0 Å². The number of halogens is 2. The van der Waals surface area contributed by atoms with Crippen LogP contribution in [-0.2, 0) is 17.4 Å². The summed E-state index contributed by atoms with van der Waals surface area (Å²) < 4.78 is 4.87. The molecule has 1 aromatic carbocycles. The summed E-state index contributed by atoms with van der Waals surface area (Å²) in [5, 5.41) is 0. The van der Waals surface area contributed by atoms with E-state index < -0.39 is 24.0 Å². The van der Waals surface area contributed by atoms with Gasteiger partial charge < -0.3 is 24.8 Å². The van der Waals surface area contributed by atoms with Gasteiger partial charge in [0.15, 0.2) is 0 Å². The molecule has 0 spiro atoms. The van der Waals surface area contributed by atoms with Gasteiger partial charge in [-0.05, 0) is 0 Å². The summed E-state index contributed by atoms with van der Waals surface area (Å²) in [6.07, 6.45) is 7.57. The number of nitrogens with one attached hydrogen (secondary N) is 1. The van der Waals surface area contributed by atoms with Gasteiger partial charge in [0.25, 0.3) is 0 Å². The van der Waals surface area contributed by atoms with Crippen LogP contribution in [0.25, 0.3) is 0 Å². The minimum absolute atomic E-state index is 0. The van der Waals surface area contributed by atoms with Gasteiger partial charge in [0.2, 0.25) is 0 Å². The summed E-state index contributed by atoms with van der Waals surface area (Å²) in [5.41, 5.74) is 0.781. The number of amides is 1. The van der Waals surface area contributed by atoms with Crippen molar-refractivity contribution in [2.45, 2.75) is 19.5 Å². The number of benzene rings is 1. The van der Waals surface area contributed by atoms with E-state index in [1.165, 1.54) is 3.88 Å². The number of carbonyl (C=O) groups excluding carboxylic acids is 1. The SMILES string of the molecule is C[SiH](C)[Ti+2]([NH]C(=O)c1ccccc1)[C]1=CC=CC1.[Cl-].[Cl-]. The zero-order valence-corrected chi connectivity index (χ0v) is 15.8. The molecular weight excluding hydrogens is 345 g/mol. The molecule has 0 radical (unpaired) electrons. The third-order valence-electron chi connectivity index (χ3n) is 2.98. The van der Waals surface area contributed by atoms with E-state index in [2.05, 4.69) is 35.1 Å². The normalized spacial score (nSPS) is 12.2. The molecule has 6 heteroatoms. The van der Waals surface area contributed by atoms with E-state index in [1.54, 1.807) is 0 Å². The molecule has 1 aliphatic rings. The standard InChI is InChI=1S/C7H7NO.C5H5.C2H7Si.2ClH.Ti/c8-7(9)6-4-2-1-3-5-6;1-2-4-5-3-1;1-3-2;;;/h1-5H,(H2,8,9);1-3H,4H2;3H,1-2H3;2*1H;/q;;;;;+3/p-3. The summed E-state index contributed by atoms with van der Waals surface area (Å²) in [5.74, 6) is 0.111. The van der Waals surface area contributed by atoms with Gasteiger partial charge in [0.05, 0.1) is 0 Å². The first-order valence-corrected chi connectivity index (χ1v) is 13.4. The Kier molecular flexibility index (Phi) is 9.43. The predicted molar refractivity (Wildman–Crippen MR) is 74.6 cm³/mol. The van der Waals surface area contributed by atoms with E-state index >= 15 is 0 Å². The van der Waals surface area contributed by atoms with Crippen molar-refractivity contribution in [1.29, 1.82) is 0 Å². The topological polar surface area (TPSA) is 29.1 Å². The van der Waals surface area contributed by atoms with Gasteiger partial charge in [-0.15, -0.1) is 0 Å². The fourth-order valence-corrected chi connectivity index (χ4v) is 11.1. The van der Waals surface area contributed by atoms with Crippen molar-refractivity contribution >= 4 is 12.6 Å². The second-order valence-corrected chi connectivity index (χ2v) is 17.5. The fraction of sp³-hybridized carbons (Fsp3) is 0.214. The van der Waals surface area contributed by atoms with E-state index in [0.29, 0.717) is 0 Å². The van der Waals surface area contributed by atoms with Crippen LogP contribution in [0, 0.1) is 0 Å². The Bertz CT molecular complexity index is 491. The molecule has 0 aromatic heterocycles. The van der Waals surface area contributed by atoms with Crippen molar-refractivity contribution in [1.82, 2.24) is 3.80 Å². The maximum absolute atomic E-state index is 12.2. The van der Waals surface area contributed by atoms with Gasteiger partial charge in [-0.3, -0.25) is 0 Å². The number of rotatable bonds is 4. The zero-order valence-electron chi connectivity index (χ0n) is 11.6. The van der Waals surface area contributed by atoms with Crippen LogP contribution in [0.15, 0.2) is 52.4 Å². The predicted octanol–water partition coefficient (Wildman–Crippen LogP) is -3.22. The molecule has 0 aliphatic heterocycles. The molecule has 0 unspecified atom stereocenters. The second kappa shape index (κ2) is 9.59. The van der Waals surface area contributed by atoms with Crippen molar-refractivity contribution in [3.63, 3.8) is 0 Å². The molecule has 1 aliphatic carbocycles. The second-order valence-electron chi connectivity index (χ2n) is 4.71. The summed E-state index contributed by atoms with van der Waals surface area (Å²) in [6.45, 7) is 3.90. The van der Waals surface area contributed by atoms with Gasteiger partial charge >= 0.3 is 116 Å². The van der Waals surface area contributed by atoms with Gasteiger partial charge in [-0.2, -0.15) is 0 Å². The Labute approximate surface area is 140 Å². The summed E-state index contributed by atoms with van der Waals surface area (Å²) >= 11 is -1.55. The Morgan fingerprint density at radius 2 is 1.85 bits per heavy atom. The maximum atomic E-state index is 12.2. The van der Waals surface area contributed by atoms with E-state index in [1.807, 2.05) is 30.3 Å². The number of hydrogen-bond donors (Lipinski definition) is 1. The van der Waals surface area contributed by atoms with Crippen LogP contribution in [0.1, 0.15) is 16.8 Å². The molecule has 2 rings (SSSR count). The van der Waals surface area contributed by atoms with E-state index in [4.69, 9.17) is 0 Å². The molecule has 1 N–H and O–H groups in total. The molecule has 107 valence electrons. The minimum atomic E-state index is -1.55. The molecule has 1 aromatic rings. The molecule has 1 amide bonds. The Morgan fingerprint density at radius 1 is 1.20 bits per heavy atom. The Morgan fingerprint density at radius 3 is 2.35 bits per heavy atom. The summed E-state index contributed by atoms with van der Waals surface area (Å²) in [4.78, 5) is 12.2. The quantitative estimate of drug-likeness (QED) is 0.561. The van der Waals surface area contributed by atoms with Crippen LogP contribution < -0.4 is 28.6 Å². The third kappa shape index (κ3) is 5.23. The summed E-state index contributed by atoms with van der Waals surface area (Å²) in [6, 6.07) is 9.53. The fourth-order valence-electron chi connectivity index (χ4n) is 2.03. The van der Waals surface area contributed by atoms with E-state index in [-0.39, 0.29) is 30.7 Å². The van der Waals surface area contributed by atoms with Gasteiger partial charge in [0.1, 0.15) is 0 Å². The number of hydrogen-bond acceptors (Lipinski definition) is 1. The van der Waals surface area contributed by atoms with Crippen LogP contribution in [0.4, 0.5) is 0 Å². The maximum Gasteiger partial charge on any atom is -1.00 e. The zero-order chi connectivity index (χ0) is 13.0. The van der Waals surface area contributed by atoms with Crippen LogP contribution in [0.5, 0.6) is 0 Å². The molecule has 0 bridgehead atoms. The first-order valence-electron chi connectivity index (χ1n) is 6.28. The Balaban J connectivity index is 0.00000180. The molecular formula is C14H18Cl2NOSiTi. The molecule has 0 saturated carbocycles. The van der Waals surface area contributed by atoms with Crippen LogP contribution in [-0.4, -0.2) is 12.6 Å². The van der Waals surface area contributed by atoms with Crippen LogP contribution in [0.2, 0.25) is 13.1 Å². The van der Waals surface area contributed by atoms with Crippen molar-refractivity contribution < 1.29 is 47.0 Å². The van der Waals surface area contributed by atoms with Crippen molar-refractivity contribution in [3.8, 4) is 0 Å². The third-order valence-corrected chi connectivity index (χ3v) is 14.1. The molecule has 2 nitrogen and oxygen atoms in total. The average Bonchev–Trinajstić information content (AvgIpc) is 2.90. The molecule has 20 heavy (non-hydrogen) atoms. The van der Waals surface area contributed by atoms with E-state index in [9.17, 15) is 4.79 Å². The number of allylic oxidation sites excluding steroid dienone is 4. The largest absolute Gasteiger partial charge is 1.00 e. The summed E-state index contributed by atoms with van der Waals surface area (Å²) in [7, 11) is 0. The van der Waals surface area contributed by atoms with Crippen molar-refractivity contribution in [2.75, 3.05) is 0 Å². The molecule has 0 saturated heterocycles. The van der Waals surface area contributed by atoms with Crippen molar-refractivity contribution in [2.24, 2.45) is 0 Å². The molecule has 0 atom stereocenters.